The maximum absolute atomic E-state index is 5.40. The lowest BCUT2D eigenvalue weighted by atomic mass is 9.87. The molecule has 1 aromatic carbocycles. The molecule has 0 amide bonds. The SMILES string of the molecule is C=CCNc1nn(C[NH+](C)Cc2ccc(C(C)(C)C)cc2)c(=S)s1. The fraction of sp³-hybridized carbons (Fsp3) is 0.444. The number of benzene rings is 1. The summed E-state index contributed by atoms with van der Waals surface area (Å²) in [6.07, 6.45) is 1.81. The first-order chi connectivity index (χ1) is 11.3. The van der Waals surface area contributed by atoms with Crippen LogP contribution in [0.2, 0.25) is 0 Å². The smallest absolute Gasteiger partial charge is 0.205 e. The highest BCUT2D eigenvalue weighted by atomic mass is 32.1. The summed E-state index contributed by atoms with van der Waals surface area (Å²) in [6.45, 7) is 12.8. The van der Waals surface area contributed by atoms with Gasteiger partial charge >= 0.3 is 0 Å². The molecule has 0 aliphatic heterocycles. The number of aromatic nitrogens is 2. The molecule has 1 atom stereocenters. The van der Waals surface area contributed by atoms with E-state index in [1.807, 2.05) is 10.8 Å². The fourth-order valence-corrected chi connectivity index (χ4v) is 3.43. The van der Waals surface area contributed by atoms with Gasteiger partial charge in [-0.15, -0.1) is 11.7 Å². The van der Waals surface area contributed by atoms with Crippen molar-refractivity contribution in [1.29, 1.82) is 0 Å². The molecule has 24 heavy (non-hydrogen) atoms. The van der Waals surface area contributed by atoms with Crippen molar-refractivity contribution in [3.05, 3.63) is 52.0 Å². The molecule has 6 heteroatoms. The minimum atomic E-state index is 0.194. The topological polar surface area (TPSA) is 34.3 Å². The standard InChI is InChI=1S/C18H26N4S2/c1-6-11-19-16-20-22(17(23)24-16)13-21(5)12-14-7-9-15(10-8-14)18(2,3)4/h6-10H,1,11-13H2,2-5H3,(H,19,20)/p+1. The van der Waals surface area contributed by atoms with Crippen LogP contribution in [0.5, 0.6) is 0 Å². The van der Waals surface area contributed by atoms with Crippen molar-refractivity contribution in [2.75, 3.05) is 18.9 Å². The molecule has 130 valence electrons. The molecule has 0 radical (unpaired) electrons. The van der Waals surface area contributed by atoms with E-state index >= 15 is 0 Å². The number of quaternary nitrogens is 1. The molecule has 4 nitrogen and oxygen atoms in total. The van der Waals surface area contributed by atoms with Gasteiger partial charge in [-0.3, -0.25) is 0 Å². The lowest BCUT2D eigenvalue weighted by molar-refractivity contribution is -0.917. The average molecular weight is 364 g/mol. The number of hydrogen-bond donors (Lipinski definition) is 2. The van der Waals surface area contributed by atoms with Gasteiger partial charge in [0.15, 0.2) is 10.6 Å². The minimum absolute atomic E-state index is 0.194. The summed E-state index contributed by atoms with van der Waals surface area (Å²) in [4.78, 5) is 1.34. The molecule has 1 aromatic heterocycles. The first kappa shape index (κ1) is 18.8. The van der Waals surface area contributed by atoms with Gasteiger partial charge in [0.25, 0.3) is 0 Å². The van der Waals surface area contributed by atoms with Crippen molar-refractivity contribution in [1.82, 2.24) is 9.78 Å². The van der Waals surface area contributed by atoms with Crippen LogP contribution in [0, 0.1) is 3.95 Å². The normalized spacial score (nSPS) is 12.8. The van der Waals surface area contributed by atoms with Gasteiger partial charge in [0.05, 0.1) is 7.05 Å². The first-order valence-corrected chi connectivity index (χ1v) is 9.35. The molecule has 1 heterocycles. The van der Waals surface area contributed by atoms with Crippen molar-refractivity contribution in [3.63, 3.8) is 0 Å². The van der Waals surface area contributed by atoms with Crippen LogP contribution in [0.15, 0.2) is 36.9 Å². The van der Waals surface area contributed by atoms with Crippen molar-refractivity contribution in [2.24, 2.45) is 0 Å². The average Bonchev–Trinajstić information content (AvgIpc) is 2.84. The van der Waals surface area contributed by atoms with E-state index in [-0.39, 0.29) is 5.41 Å². The summed E-state index contributed by atoms with van der Waals surface area (Å²) in [5.41, 5.74) is 2.88. The molecule has 0 saturated carbocycles. The second-order valence-electron chi connectivity index (χ2n) is 7.08. The Hall–Kier alpha value is -1.50. The summed E-state index contributed by atoms with van der Waals surface area (Å²) in [5, 5.41) is 8.57. The monoisotopic (exact) mass is 363 g/mol. The zero-order valence-electron chi connectivity index (χ0n) is 14.9. The summed E-state index contributed by atoms with van der Waals surface area (Å²) >= 11 is 6.91. The Morgan fingerprint density at radius 3 is 2.58 bits per heavy atom. The molecule has 0 fully saturated rings. The Bertz CT molecular complexity index is 723. The highest BCUT2D eigenvalue weighted by molar-refractivity contribution is 7.73. The molecule has 0 aliphatic carbocycles. The number of nitrogens with zero attached hydrogens (tertiary/aromatic N) is 2. The highest BCUT2D eigenvalue weighted by Crippen LogP contribution is 2.22. The number of hydrogen-bond acceptors (Lipinski definition) is 4. The fourth-order valence-electron chi connectivity index (χ4n) is 2.42. The lowest BCUT2D eigenvalue weighted by Gasteiger charge is -2.19. The summed E-state index contributed by atoms with van der Waals surface area (Å²) < 4.78 is 2.69. The van der Waals surface area contributed by atoms with Gasteiger partial charge in [-0.2, -0.15) is 4.68 Å². The van der Waals surface area contributed by atoms with E-state index < -0.39 is 0 Å². The van der Waals surface area contributed by atoms with Crippen molar-refractivity contribution in [2.45, 2.75) is 39.4 Å². The van der Waals surface area contributed by atoms with Gasteiger partial charge in [0, 0.05) is 12.1 Å². The molecule has 1 unspecified atom stereocenters. The van der Waals surface area contributed by atoms with Gasteiger partial charge in [-0.05, 0) is 23.2 Å². The first-order valence-electron chi connectivity index (χ1n) is 8.13. The number of nitrogens with one attached hydrogen (secondary N) is 2. The van der Waals surface area contributed by atoms with Crippen LogP contribution in [0.3, 0.4) is 0 Å². The molecular formula is C18H27N4S2+. The predicted molar refractivity (Wildman–Crippen MR) is 105 cm³/mol. The zero-order chi connectivity index (χ0) is 17.7. The second-order valence-corrected chi connectivity index (χ2v) is 8.70. The summed E-state index contributed by atoms with van der Waals surface area (Å²) in [5.74, 6) is 0. The molecule has 0 spiro atoms. The van der Waals surface area contributed by atoms with Crippen molar-refractivity contribution < 1.29 is 4.90 Å². The third-order valence-electron chi connectivity index (χ3n) is 3.75. The van der Waals surface area contributed by atoms with E-state index in [4.69, 9.17) is 12.2 Å². The van der Waals surface area contributed by atoms with Crippen molar-refractivity contribution in [3.8, 4) is 0 Å². The van der Waals surface area contributed by atoms with E-state index in [0.29, 0.717) is 6.54 Å². The van der Waals surface area contributed by atoms with Crippen LogP contribution in [-0.4, -0.2) is 23.4 Å². The molecular weight excluding hydrogens is 336 g/mol. The lowest BCUT2D eigenvalue weighted by Crippen LogP contribution is -3.07. The van der Waals surface area contributed by atoms with E-state index in [0.717, 1.165) is 22.3 Å². The van der Waals surface area contributed by atoms with Gasteiger partial charge < -0.3 is 10.2 Å². The van der Waals surface area contributed by atoms with Crippen LogP contribution < -0.4 is 10.2 Å². The van der Waals surface area contributed by atoms with E-state index in [1.54, 1.807) is 0 Å². The number of anilines is 1. The Morgan fingerprint density at radius 1 is 1.33 bits per heavy atom. The van der Waals surface area contributed by atoms with Crippen LogP contribution in [0.25, 0.3) is 0 Å². The Morgan fingerprint density at radius 2 is 2.00 bits per heavy atom. The van der Waals surface area contributed by atoms with Crippen LogP contribution in [0.1, 0.15) is 31.9 Å². The van der Waals surface area contributed by atoms with Crippen LogP contribution >= 0.6 is 23.6 Å². The maximum atomic E-state index is 5.40. The molecule has 2 N–H and O–H groups in total. The largest absolute Gasteiger partial charge is 0.357 e. The van der Waals surface area contributed by atoms with Crippen LogP contribution in [0.4, 0.5) is 5.13 Å². The Labute approximate surface area is 153 Å². The maximum Gasteiger partial charge on any atom is 0.205 e. The molecule has 0 aliphatic rings. The molecule has 2 rings (SSSR count). The summed E-state index contributed by atoms with van der Waals surface area (Å²) in [7, 11) is 2.16. The second kappa shape index (κ2) is 8.05. The quantitative estimate of drug-likeness (QED) is 0.585. The van der Waals surface area contributed by atoms with Gasteiger partial charge in [-0.1, -0.05) is 62.4 Å². The summed E-state index contributed by atoms with van der Waals surface area (Å²) in [6, 6.07) is 8.91. The third-order valence-corrected chi connectivity index (χ3v) is 5.01. The molecule has 0 bridgehead atoms. The van der Waals surface area contributed by atoms with Gasteiger partial charge in [0.1, 0.15) is 6.54 Å². The van der Waals surface area contributed by atoms with E-state index in [2.05, 4.69) is 69.1 Å². The zero-order valence-corrected chi connectivity index (χ0v) is 16.6. The van der Waals surface area contributed by atoms with Crippen LogP contribution in [-0.2, 0) is 18.6 Å². The van der Waals surface area contributed by atoms with Crippen molar-refractivity contribution >= 4 is 28.7 Å². The highest BCUT2D eigenvalue weighted by Gasteiger charge is 2.14. The predicted octanol–water partition coefficient (Wildman–Crippen LogP) is 3.24. The molecule has 0 saturated heterocycles. The Kier molecular flexibility index (Phi) is 6.32. The minimum Gasteiger partial charge on any atom is -0.357 e. The molecule has 2 aromatic rings. The van der Waals surface area contributed by atoms with E-state index in [9.17, 15) is 0 Å². The third kappa shape index (κ3) is 5.26. The Balaban J connectivity index is 1.98. The van der Waals surface area contributed by atoms with Gasteiger partial charge in [-0.25, -0.2) is 0 Å². The van der Waals surface area contributed by atoms with E-state index in [1.165, 1.54) is 27.4 Å². The number of rotatable bonds is 7. The van der Waals surface area contributed by atoms with Gasteiger partial charge in [0.2, 0.25) is 5.13 Å².